The molecule has 0 unspecified atom stereocenters. The Morgan fingerprint density at radius 1 is 0.510 bits per heavy atom. The summed E-state index contributed by atoms with van der Waals surface area (Å²) in [4.78, 5) is 5.46. The van der Waals surface area contributed by atoms with Crippen molar-refractivity contribution in [1.82, 2.24) is 9.55 Å². The van der Waals surface area contributed by atoms with Gasteiger partial charge in [-0.2, -0.15) is 0 Å². The molecular weight excluding hydrogens is 621 g/mol. The summed E-state index contributed by atoms with van der Waals surface area (Å²) in [7, 11) is 0. The van der Waals surface area contributed by atoms with E-state index in [0.717, 1.165) is 38.9 Å². The van der Waals surface area contributed by atoms with Gasteiger partial charge < -0.3 is 8.98 Å². The van der Waals surface area contributed by atoms with Crippen molar-refractivity contribution in [2.45, 2.75) is 19.3 Å². The predicted octanol–water partition coefficient (Wildman–Crippen LogP) is 12.9. The molecule has 0 fully saturated rings. The maximum atomic E-state index is 6.66. The Hall–Kier alpha value is -6.45. The van der Waals surface area contributed by atoms with Gasteiger partial charge in [0.15, 0.2) is 5.58 Å². The van der Waals surface area contributed by atoms with E-state index >= 15 is 0 Å². The Bertz CT molecular complexity index is 3000. The molecule has 3 aromatic heterocycles. The quantitative estimate of drug-likeness (QED) is 0.190. The standard InChI is InChI=1S/C48H32N2O/c1-48(2)38-19-9-5-17-36(38)44-43-37-18-8-12-22-42(37)51-46(43)45(49-47(44)48)30-25-23-29(24-26-30)31-27-28-41(33-14-4-3-13-32(31)33)50-39-20-10-6-15-34(39)35-16-7-11-21-40(35)50/h3-28H,1-2H3. The molecule has 0 N–H and O–H groups in total. The molecule has 3 heteroatoms. The van der Waals surface area contributed by atoms with Crippen LogP contribution in [-0.2, 0) is 5.41 Å². The van der Waals surface area contributed by atoms with Crippen molar-refractivity contribution in [3.63, 3.8) is 0 Å². The van der Waals surface area contributed by atoms with Gasteiger partial charge in [0, 0.05) is 43.5 Å². The van der Waals surface area contributed by atoms with Crippen molar-refractivity contribution in [1.29, 1.82) is 0 Å². The molecule has 0 saturated carbocycles. The van der Waals surface area contributed by atoms with Gasteiger partial charge in [0.1, 0.15) is 11.3 Å². The third kappa shape index (κ3) is 3.86. The third-order valence-electron chi connectivity index (χ3n) is 11.2. The highest BCUT2D eigenvalue weighted by molar-refractivity contribution is 6.17. The average Bonchev–Trinajstić information content (AvgIpc) is 3.80. The zero-order valence-corrected chi connectivity index (χ0v) is 28.3. The Kier molecular flexibility index (Phi) is 5.73. The summed E-state index contributed by atoms with van der Waals surface area (Å²) in [5.41, 5.74) is 14.3. The Balaban J connectivity index is 1.09. The molecule has 1 aliphatic carbocycles. The summed E-state index contributed by atoms with van der Waals surface area (Å²) in [5, 5.41) is 7.26. The van der Waals surface area contributed by atoms with E-state index in [-0.39, 0.29) is 5.41 Å². The molecule has 3 nitrogen and oxygen atoms in total. The summed E-state index contributed by atoms with van der Waals surface area (Å²) < 4.78 is 9.08. The summed E-state index contributed by atoms with van der Waals surface area (Å²) >= 11 is 0. The summed E-state index contributed by atoms with van der Waals surface area (Å²) in [6.07, 6.45) is 0. The molecule has 0 radical (unpaired) electrons. The van der Waals surface area contributed by atoms with E-state index in [0.29, 0.717) is 0 Å². The Morgan fingerprint density at radius 3 is 1.84 bits per heavy atom. The van der Waals surface area contributed by atoms with Crippen molar-refractivity contribution >= 4 is 54.5 Å². The molecule has 0 amide bonds. The van der Waals surface area contributed by atoms with E-state index < -0.39 is 0 Å². The molecule has 0 spiro atoms. The third-order valence-corrected chi connectivity index (χ3v) is 11.2. The lowest BCUT2D eigenvalue weighted by Gasteiger charge is -2.21. The largest absolute Gasteiger partial charge is 0.454 e. The number of furan rings is 1. The van der Waals surface area contributed by atoms with Crippen molar-refractivity contribution < 1.29 is 4.42 Å². The highest BCUT2D eigenvalue weighted by atomic mass is 16.3. The average molecular weight is 653 g/mol. The van der Waals surface area contributed by atoms with Crippen LogP contribution < -0.4 is 0 Å². The number of nitrogens with zero attached hydrogens (tertiary/aromatic N) is 2. The van der Waals surface area contributed by atoms with Gasteiger partial charge in [-0.15, -0.1) is 0 Å². The first-order valence-corrected chi connectivity index (χ1v) is 17.6. The van der Waals surface area contributed by atoms with Crippen LogP contribution in [0, 0.1) is 0 Å². The predicted molar refractivity (Wildman–Crippen MR) is 212 cm³/mol. The monoisotopic (exact) mass is 652 g/mol. The van der Waals surface area contributed by atoms with Crippen LogP contribution >= 0.6 is 0 Å². The molecule has 240 valence electrons. The zero-order valence-electron chi connectivity index (χ0n) is 28.3. The van der Waals surface area contributed by atoms with E-state index in [1.807, 2.05) is 6.07 Å². The smallest absolute Gasteiger partial charge is 0.162 e. The van der Waals surface area contributed by atoms with E-state index in [1.165, 1.54) is 66.1 Å². The van der Waals surface area contributed by atoms with Crippen LogP contribution in [0.4, 0.5) is 0 Å². The van der Waals surface area contributed by atoms with Gasteiger partial charge in [0.05, 0.1) is 22.4 Å². The fraction of sp³-hybridized carbons (Fsp3) is 0.0625. The fourth-order valence-electron chi connectivity index (χ4n) is 8.80. The molecule has 0 bridgehead atoms. The fourth-order valence-corrected chi connectivity index (χ4v) is 8.80. The van der Waals surface area contributed by atoms with Crippen LogP contribution in [-0.4, -0.2) is 9.55 Å². The number of pyridine rings is 1. The highest BCUT2D eigenvalue weighted by Gasteiger charge is 2.40. The lowest BCUT2D eigenvalue weighted by Crippen LogP contribution is -2.17. The molecule has 0 aliphatic heterocycles. The van der Waals surface area contributed by atoms with E-state index in [9.17, 15) is 0 Å². The van der Waals surface area contributed by atoms with Crippen LogP contribution in [0.15, 0.2) is 162 Å². The lowest BCUT2D eigenvalue weighted by atomic mass is 9.85. The molecule has 7 aromatic carbocycles. The summed E-state index contributed by atoms with van der Waals surface area (Å²) in [6.45, 7) is 4.58. The maximum Gasteiger partial charge on any atom is 0.162 e. The Labute approximate surface area is 295 Å². The lowest BCUT2D eigenvalue weighted by molar-refractivity contribution is 0.634. The number of fused-ring (bicyclic) bond motifs is 11. The van der Waals surface area contributed by atoms with Gasteiger partial charge in [0.25, 0.3) is 0 Å². The normalized spacial score (nSPS) is 13.5. The molecule has 3 heterocycles. The topological polar surface area (TPSA) is 31.0 Å². The first kappa shape index (κ1) is 28.4. The number of benzene rings is 7. The summed E-state index contributed by atoms with van der Waals surface area (Å²) in [6, 6.07) is 56.8. The maximum absolute atomic E-state index is 6.66. The van der Waals surface area contributed by atoms with Crippen LogP contribution in [0.3, 0.4) is 0 Å². The van der Waals surface area contributed by atoms with Gasteiger partial charge in [-0.05, 0) is 51.9 Å². The minimum absolute atomic E-state index is 0.232. The van der Waals surface area contributed by atoms with Crippen molar-refractivity contribution in [3.8, 4) is 39.2 Å². The highest BCUT2D eigenvalue weighted by Crippen LogP contribution is 2.53. The van der Waals surface area contributed by atoms with Gasteiger partial charge in [-0.1, -0.05) is 147 Å². The molecule has 0 saturated heterocycles. The first-order valence-electron chi connectivity index (χ1n) is 17.6. The van der Waals surface area contributed by atoms with Gasteiger partial charge in [-0.3, -0.25) is 0 Å². The second kappa shape index (κ2) is 10.3. The number of hydrogen-bond acceptors (Lipinski definition) is 2. The van der Waals surface area contributed by atoms with Crippen molar-refractivity contribution in [2.24, 2.45) is 0 Å². The van der Waals surface area contributed by atoms with E-state index in [2.05, 4.69) is 170 Å². The SMILES string of the molecule is CC1(C)c2ccccc2-c2c1nc(-c1ccc(-c3ccc(-n4c5ccccc5c5ccccc54)c4ccccc34)cc1)c1oc3ccccc3c21. The van der Waals surface area contributed by atoms with Crippen LogP contribution in [0.25, 0.3) is 93.7 Å². The molecule has 51 heavy (non-hydrogen) atoms. The van der Waals surface area contributed by atoms with Crippen molar-refractivity contribution in [2.75, 3.05) is 0 Å². The van der Waals surface area contributed by atoms with Crippen LogP contribution in [0.2, 0.25) is 0 Å². The first-order chi connectivity index (χ1) is 25.1. The summed E-state index contributed by atoms with van der Waals surface area (Å²) in [5.74, 6) is 0. The van der Waals surface area contributed by atoms with Gasteiger partial charge >= 0.3 is 0 Å². The van der Waals surface area contributed by atoms with Crippen LogP contribution in [0.5, 0.6) is 0 Å². The van der Waals surface area contributed by atoms with Crippen LogP contribution in [0.1, 0.15) is 25.1 Å². The Morgan fingerprint density at radius 2 is 1.10 bits per heavy atom. The number of rotatable bonds is 3. The van der Waals surface area contributed by atoms with E-state index in [1.54, 1.807) is 0 Å². The minimum atomic E-state index is -0.232. The number of aromatic nitrogens is 2. The molecule has 0 atom stereocenters. The second-order valence-corrected chi connectivity index (χ2v) is 14.3. The molecule has 1 aliphatic rings. The number of para-hydroxylation sites is 3. The number of hydrogen-bond donors (Lipinski definition) is 0. The van der Waals surface area contributed by atoms with E-state index in [4.69, 9.17) is 9.40 Å². The zero-order chi connectivity index (χ0) is 33.8. The van der Waals surface area contributed by atoms with Crippen molar-refractivity contribution in [3.05, 3.63) is 169 Å². The second-order valence-electron chi connectivity index (χ2n) is 14.3. The molecular formula is C48H32N2O. The van der Waals surface area contributed by atoms with Gasteiger partial charge in [-0.25, -0.2) is 4.98 Å². The van der Waals surface area contributed by atoms with Gasteiger partial charge in [0.2, 0.25) is 0 Å². The molecule has 10 aromatic rings. The molecule has 11 rings (SSSR count). The minimum Gasteiger partial charge on any atom is -0.454 e.